The summed E-state index contributed by atoms with van der Waals surface area (Å²) in [4.78, 5) is 13.4. The number of anilines is 1. The van der Waals surface area contributed by atoms with E-state index in [1.165, 1.54) is 11.0 Å². The maximum atomic E-state index is 14.0. The molecule has 1 saturated heterocycles. The number of rotatable bonds is 6. The molecule has 3 aromatic carbocycles. The SMILES string of the molecule is N#Cc1c(-c2ccc(Oc3ccc(F)cc3F)cc2)nn(C2CCN(C(=O)O)C(Cc3ccccc3)C2)c1N. The largest absolute Gasteiger partial charge is 0.465 e. The molecule has 1 amide bonds. The molecular weight excluding hydrogens is 504 g/mol. The van der Waals surface area contributed by atoms with Gasteiger partial charge in [0.25, 0.3) is 0 Å². The number of aromatic nitrogens is 2. The number of ether oxygens (including phenoxy) is 1. The number of nitriles is 1. The molecular formula is C29H25F2N5O3. The predicted molar refractivity (Wildman–Crippen MR) is 140 cm³/mol. The van der Waals surface area contributed by atoms with Gasteiger partial charge in [0.1, 0.15) is 34.7 Å². The van der Waals surface area contributed by atoms with Crippen molar-refractivity contribution in [2.75, 3.05) is 12.3 Å². The van der Waals surface area contributed by atoms with E-state index in [-0.39, 0.29) is 29.2 Å². The molecule has 3 N–H and O–H groups in total. The van der Waals surface area contributed by atoms with Gasteiger partial charge in [-0.2, -0.15) is 10.4 Å². The number of hydrogen-bond acceptors (Lipinski definition) is 5. The van der Waals surface area contributed by atoms with Gasteiger partial charge in [-0.1, -0.05) is 30.3 Å². The Morgan fingerprint density at radius 2 is 1.87 bits per heavy atom. The molecule has 2 atom stereocenters. The molecule has 10 heteroatoms. The Bertz CT molecular complexity index is 1530. The molecule has 1 fully saturated rings. The van der Waals surface area contributed by atoms with Crippen LogP contribution in [0.1, 0.15) is 30.0 Å². The summed E-state index contributed by atoms with van der Waals surface area (Å²) < 4.78 is 34.3. The van der Waals surface area contributed by atoms with Crippen molar-refractivity contribution in [1.82, 2.24) is 14.7 Å². The summed E-state index contributed by atoms with van der Waals surface area (Å²) in [6, 6.07) is 20.9. The maximum Gasteiger partial charge on any atom is 0.407 e. The Hall–Kier alpha value is -4.91. The van der Waals surface area contributed by atoms with E-state index in [0.29, 0.717) is 42.8 Å². The van der Waals surface area contributed by atoms with E-state index in [1.54, 1.807) is 28.9 Å². The second-order valence-electron chi connectivity index (χ2n) is 9.36. The highest BCUT2D eigenvalue weighted by molar-refractivity contribution is 5.73. The summed E-state index contributed by atoms with van der Waals surface area (Å²) in [5.41, 5.74) is 8.62. The molecule has 1 aliphatic rings. The normalized spacial score (nSPS) is 17.0. The fourth-order valence-corrected chi connectivity index (χ4v) is 4.99. The van der Waals surface area contributed by atoms with E-state index >= 15 is 0 Å². The average Bonchev–Trinajstić information content (AvgIpc) is 3.27. The van der Waals surface area contributed by atoms with E-state index in [9.17, 15) is 23.9 Å². The number of amides is 1. The highest BCUT2D eigenvalue weighted by Gasteiger charge is 2.34. The van der Waals surface area contributed by atoms with Gasteiger partial charge in [-0.3, -0.25) is 0 Å². The van der Waals surface area contributed by atoms with Crippen molar-refractivity contribution in [3.63, 3.8) is 0 Å². The van der Waals surface area contributed by atoms with Gasteiger partial charge in [0.2, 0.25) is 0 Å². The number of nitrogen functional groups attached to an aromatic ring is 1. The zero-order valence-electron chi connectivity index (χ0n) is 20.8. The molecule has 0 saturated carbocycles. The number of nitrogens with two attached hydrogens (primary N) is 1. The van der Waals surface area contributed by atoms with Crippen molar-refractivity contribution in [3.05, 3.63) is 95.6 Å². The van der Waals surface area contributed by atoms with Crippen molar-refractivity contribution in [2.45, 2.75) is 31.3 Å². The second kappa shape index (κ2) is 10.8. The lowest BCUT2D eigenvalue weighted by Crippen LogP contribution is -2.47. The first-order valence-corrected chi connectivity index (χ1v) is 12.4. The molecule has 1 aliphatic heterocycles. The Morgan fingerprint density at radius 1 is 1.13 bits per heavy atom. The van der Waals surface area contributed by atoms with Crippen LogP contribution in [0.25, 0.3) is 11.3 Å². The minimum absolute atomic E-state index is 0.117. The van der Waals surface area contributed by atoms with E-state index in [0.717, 1.165) is 17.7 Å². The molecule has 2 heterocycles. The molecule has 0 aliphatic carbocycles. The molecule has 5 rings (SSSR count). The van der Waals surface area contributed by atoms with Crippen LogP contribution in [0, 0.1) is 23.0 Å². The second-order valence-corrected chi connectivity index (χ2v) is 9.36. The van der Waals surface area contributed by atoms with Gasteiger partial charge >= 0.3 is 6.09 Å². The molecule has 39 heavy (non-hydrogen) atoms. The van der Waals surface area contributed by atoms with Crippen molar-refractivity contribution in [2.24, 2.45) is 0 Å². The minimum atomic E-state index is -0.968. The first-order chi connectivity index (χ1) is 18.8. The Labute approximate surface area is 223 Å². The number of benzene rings is 3. The molecule has 1 aromatic heterocycles. The van der Waals surface area contributed by atoms with Crippen molar-refractivity contribution < 1.29 is 23.4 Å². The number of likely N-dealkylation sites (tertiary alicyclic amines) is 1. The third-order valence-electron chi connectivity index (χ3n) is 6.90. The number of piperidine rings is 1. The lowest BCUT2D eigenvalue weighted by Gasteiger charge is -2.38. The van der Waals surface area contributed by atoms with Gasteiger partial charge in [0.15, 0.2) is 11.6 Å². The van der Waals surface area contributed by atoms with Gasteiger partial charge < -0.3 is 20.5 Å². The van der Waals surface area contributed by atoms with Crippen LogP contribution in [0.15, 0.2) is 72.8 Å². The van der Waals surface area contributed by atoms with Crippen LogP contribution in [0.3, 0.4) is 0 Å². The van der Waals surface area contributed by atoms with Crippen LogP contribution in [0.4, 0.5) is 19.4 Å². The maximum absolute atomic E-state index is 14.0. The number of halogens is 2. The standard InChI is InChI=1S/C29H25F2N5O3/c30-20-8-11-26(25(31)15-20)39-23-9-6-19(7-10-23)27-24(17-32)28(33)36(34-27)21-12-13-35(29(37)38)22(16-21)14-18-4-2-1-3-5-18/h1-11,15,21-22H,12-14,16,33H2,(H,37,38). The average molecular weight is 530 g/mol. The first-order valence-electron chi connectivity index (χ1n) is 12.4. The fourth-order valence-electron chi connectivity index (χ4n) is 4.99. The van der Waals surface area contributed by atoms with Crippen LogP contribution < -0.4 is 10.5 Å². The van der Waals surface area contributed by atoms with Crippen molar-refractivity contribution in [1.29, 1.82) is 5.26 Å². The monoisotopic (exact) mass is 529 g/mol. The van der Waals surface area contributed by atoms with E-state index in [1.807, 2.05) is 30.3 Å². The molecule has 0 radical (unpaired) electrons. The molecule has 8 nitrogen and oxygen atoms in total. The lowest BCUT2D eigenvalue weighted by atomic mass is 9.92. The van der Waals surface area contributed by atoms with Crippen LogP contribution >= 0.6 is 0 Å². The van der Waals surface area contributed by atoms with E-state index in [2.05, 4.69) is 11.2 Å². The third kappa shape index (κ3) is 5.38. The smallest absolute Gasteiger partial charge is 0.407 e. The van der Waals surface area contributed by atoms with Crippen molar-refractivity contribution >= 4 is 11.9 Å². The lowest BCUT2D eigenvalue weighted by molar-refractivity contribution is 0.0896. The Balaban J connectivity index is 1.39. The highest BCUT2D eigenvalue weighted by Crippen LogP contribution is 2.36. The summed E-state index contributed by atoms with van der Waals surface area (Å²) in [6.45, 7) is 0.319. The summed E-state index contributed by atoms with van der Waals surface area (Å²) in [5.74, 6) is -1.11. The quantitative estimate of drug-likeness (QED) is 0.316. The van der Waals surface area contributed by atoms with Gasteiger partial charge in [-0.05, 0) is 61.2 Å². The van der Waals surface area contributed by atoms with Crippen LogP contribution in [0.2, 0.25) is 0 Å². The van der Waals surface area contributed by atoms with Crippen LogP contribution in [-0.4, -0.2) is 38.5 Å². The number of carboxylic acid groups (broad SMARTS) is 1. The molecule has 2 unspecified atom stereocenters. The van der Waals surface area contributed by atoms with Gasteiger partial charge in [0.05, 0.1) is 6.04 Å². The minimum Gasteiger partial charge on any atom is -0.465 e. The van der Waals surface area contributed by atoms with Gasteiger partial charge in [-0.25, -0.2) is 18.3 Å². The predicted octanol–water partition coefficient (Wildman–Crippen LogP) is 6.00. The summed E-state index contributed by atoms with van der Waals surface area (Å²) in [6.07, 6.45) is 0.583. The zero-order valence-corrected chi connectivity index (χ0v) is 20.8. The van der Waals surface area contributed by atoms with Crippen LogP contribution in [-0.2, 0) is 6.42 Å². The molecule has 4 aromatic rings. The summed E-state index contributed by atoms with van der Waals surface area (Å²) in [7, 11) is 0. The Morgan fingerprint density at radius 3 is 2.54 bits per heavy atom. The number of nitrogens with zero attached hydrogens (tertiary/aromatic N) is 4. The summed E-state index contributed by atoms with van der Waals surface area (Å²) >= 11 is 0. The zero-order chi connectivity index (χ0) is 27.5. The molecule has 0 spiro atoms. The first kappa shape index (κ1) is 25.7. The topological polar surface area (TPSA) is 117 Å². The number of hydrogen-bond donors (Lipinski definition) is 2. The van der Waals surface area contributed by atoms with E-state index < -0.39 is 17.7 Å². The highest BCUT2D eigenvalue weighted by atomic mass is 19.1. The molecule has 198 valence electrons. The fraction of sp³-hybridized carbons (Fsp3) is 0.207. The van der Waals surface area contributed by atoms with Gasteiger partial charge in [-0.15, -0.1) is 0 Å². The molecule has 0 bridgehead atoms. The van der Waals surface area contributed by atoms with E-state index in [4.69, 9.17) is 10.5 Å². The van der Waals surface area contributed by atoms with Crippen LogP contribution in [0.5, 0.6) is 11.5 Å². The van der Waals surface area contributed by atoms with Gasteiger partial charge in [0, 0.05) is 24.2 Å². The third-order valence-corrected chi connectivity index (χ3v) is 6.90. The number of carbonyl (C=O) groups is 1. The Kier molecular flexibility index (Phi) is 7.14. The van der Waals surface area contributed by atoms with Crippen molar-refractivity contribution in [3.8, 4) is 28.8 Å². The summed E-state index contributed by atoms with van der Waals surface area (Å²) in [5, 5.41) is 24.3.